The van der Waals surface area contributed by atoms with Crippen LogP contribution in [-0.2, 0) is 4.79 Å². The van der Waals surface area contributed by atoms with Gasteiger partial charge in [0.2, 0.25) is 0 Å². The lowest BCUT2D eigenvalue weighted by atomic mass is 10.2. The monoisotopic (exact) mass is 423 g/mol. The molecule has 0 spiro atoms. The van der Waals surface area contributed by atoms with Gasteiger partial charge in [0.15, 0.2) is 10.3 Å². The van der Waals surface area contributed by atoms with Crippen LogP contribution in [0.2, 0.25) is 15.2 Å². The molecule has 2 aromatic rings. The maximum Gasteiger partial charge on any atom is 0.267 e. The van der Waals surface area contributed by atoms with Crippen LogP contribution in [0.1, 0.15) is 5.56 Å². The zero-order chi connectivity index (χ0) is 18.7. The van der Waals surface area contributed by atoms with Crippen LogP contribution in [0.4, 0.5) is 5.69 Å². The van der Waals surface area contributed by atoms with E-state index in [9.17, 15) is 4.79 Å². The maximum atomic E-state index is 12.8. The number of thioether (sulfide) groups is 1. The lowest BCUT2D eigenvalue weighted by molar-refractivity contribution is -0.121. The van der Waals surface area contributed by atoms with Crippen molar-refractivity contribution in [2.75, 3.05) is 6.54 Å². The third-order valence-corrected chi connectivity index (χ3v) is 5.26. The van der Waals surface area contributed by atoms with Gasteiger partial charge in [-0.25, -0.2) is 9.98 Å². The molecule has 0 saturated carbocycles. The van der Waals surface area contributed by atoms with Crippen molar-refractivity contribution in [2.45, 2.75) is 0 Å². The normalized spacial score (nSPS) is 17.3. The number of halogens is 3. The molecule has 8 heteroatoms. The number of carbonyl (C=O) groups is 1. The van der Waals surface area contributed by atoms with Gasteiger partial charge >= 0.3 is 0 Å². The van der Waals surface area contributed by atoms with Gasteiger partial charge in [-0.1, -0.05) is 46.9 Å². The highest BCUT2D eigenvalue weighted by atomic mass is 35.5. The Morgan fingerprint density at radius 2 is 2.08 bits per heavy atom. The lowest BCUT2D eigenvalue weighted by Crippen LogP contribution is -2.29. The molecule has 3 rings (SSSR count). The summed E-state index contributed by atoms with van der Waals surface area (Å²) in [5.41, 5.74) is 1.19. The van der Waals surface area contributed by atoms with Gasteiger partial charge in [-0.3, -0.25) is 9.69 Å². The highest BCUT2D eigenvalue weighted by Crippen LogP contribution is 2.36. The molecular formula is C18H12Cl3N3OS. The van der Waals surface area contributed by atoms with Crippen LogP contribution >= 0.6 is 46.6 Å². The van der Waals surface area contributed by atoms with Gasteiger partial charge < -0.3 is 0 Å². The first-order valence-corrected chi connectivity index (χ1v) is 9.41. The summed E-state index contributed by atoms with van der Waals surface area (Å²) in [6.07, 6.45) is 4.93. The topological polar surface area (TPSA) is 45.6 Å². The first-order valence-electron chi connectivity index (χ1n) is 7.46. The van der Waals surface area contributed by atoms with Crippen LogP contribution in [0, 0.1) is 0 Å². The summed E-state index contributed by atoms with van der Waals surface area (Å²) in [4.78, 5) is 23.3. The molecule has 0 aliphatic carbocycles. The molecule has 2 heterocycles. The number of pyridine rings is 1. The third-order valence-electron chi connectivity index (χ3n) is 3.40. The smallest absolute Gasteiger partial charge is 0.267 e. The minimum atomic E-state index is -0.181. The Morgan fingerprint density at radius 3 is 2.77 bits per heavy atom. The second-order valence-corrected chi connectivity index (χ2v) is 7.40. The van der Waals surface area contributed by atoms with Crippen molar-refractivity contribution in [1.29, 1.82) is 0 Å². The second-order valence-electron chi connectivity index (χ2n) is 5.19. The first kappa shape index (κ1) is 19.0. The molecule has 1 aliphatic rings. The van der Waals surface area contributed by atoms with Gasteiger partial charge in [-0.15, -0.1) is 6.58 Å². The number of rotatable bonds is 4. The number of aromatic nitrogens is 1. The summed E-state index contributed by atoms with van der Waals surface area (Å²) in [5, 5.41) is 1.77. The minimum Gasteiger partial charge on any atom is -0.283 e. The van der Waals surface area contributed by atoms with E-state index in [4.69, 9.17) is 34.8 Å². The Morgan fingerprint density at radius 1 is 1.27 bits per heavy atom. The molecule has 0 unspecified atom stereocenters. The molecule has 4 nitrogen and oxygen atoms in total. The van der Waals surface area contributed by atoms with E-state index in [2.05, 4.69) is 16.6 Å². The van der Waals surface area contributed by atoms with Gasteiger partial charge in [0.05, 0.1) is 4.91 Å². The number of hydrogen-bond donors (Lipinski definition) is 0. The maximum absolute atomic E-state index is 12.8. The van der Waals surface area contributed by atoms with Crippen LogP contribution in [0.25, 0.3) is 6.08 Å². The minimum absolute atomic E-state index is 0.181. The first-order chi connectivity index (χ1) is 12.5. The predicted molar refractivity (Wildman–Crippen MR) is 110 cm³/mol. The number of nitrogens with zero attached hydrogens (tertiary/aromatic N) is 3. The highest BCUT2D eigenvalue weighted by Gasteiger charge is 2.32. The Kier molecular flexibility index (Phi) is 6.04. The number of benzene rings is 1. The van der Waals surface area contributed by atoms with Crippen LogP contribution in [-0.4, -0.2) is 27.5 Å². The van der Waals surface area contributed by atoms with E-state index in [0.717, 1.165) is 0 Å². The van der Waals surface area contributed by atoms with Crippen LogP contribution in [0.15, 0.2) is 59.1 Å². The van der Waals surface area contributed by atoms with Crippen molar-refractivity contribution >= 4 is 69.4 Å². The molecule has 26 heavy (non-hydrogen) atoms. The number of aliphatic imine (C=N–C) groups is 1. The molecule has 132 valence electrons. The molecule has 1 amide bonds. The van der Waals surface area contributed by atoms with E-state index >= 15 is 0 Å². The number of amidine groups is 1. The van der Waals surface area contributed by atoms with E-state index in [-0.39, 0.29) is 11.1 Å². The van der Waals surface area contributed by atoms with E-state index < -0.39 is 0 Å². The fourth-order valence-corrected chi connectivity index (χ4v) is 3.82. The van der Waals surface area contributed by atoms with Crippen molar-refractivity contribution in [3.8, 4) is 0 Å². The molecule has 0 N–H and O–H groups in total. The summed E-state index contributed by atoms with van der Waals surface area (Å²) in [6, 6.07) is 8.57. The van der Waals surface area contributed by atoms with E-state index in [1.807, 2.05) is 0 Å². The third kappa shape index (κ3) is 4.13. The molecule has 1 aromatic heterocycles. The molecule has 0 radical (unpaired) electrons. The van der Waals surface area contributed by atoms with Gasteiger partial charge in [0.1, 0.15) is 5.69 Å². The average molecular weight is 425 g/mol. The standard InChI is InChI=1S/C18H12Cl3N3OS/c1-2-8-24-17(25)15(9-11-5-6-12(19)10-13(11)20)26-18(24)23-14-4-3-7-22-16(14)21/h2-7,9-10H,1,8H2/b15-9-,23-18?. The summed E-state index contributed by atoms with van der Waals surface area (Å²) >= 11 is 19.4. The van der Waals surface area contributed by atoms with Crippen molar-refractivity contribution in [3.05, 3.63) is 74.9 Å². The number of hydrogen-bond acceptors (Lipinski definition) is 4. The Labute approximate surface area is 170 Å². The molecule has 0 atom stereocenters. The largest absolute Gasteiger partial charge is 0.283 e. The van der Waals surface area contributed by atoms with Crippen LogP contribution in [0.3, 0.4) is 0 Å². The average Bonchev–Trinajstić information content (AvgIpc) is 2.89. The Hall–Kier alpha value is -1.79. The van der Waals surface area contributed by atoms with E-state index in [1.54, 1.807) is 48.7 Å². The van der Waals surface area contributed by atoms with Crippen molar-refractivity contribution < 1.29 is 4.79 Å². The summed E-state index contributed by atoms with van der Waals surface area (Å²) in [7, 11) is 0. The van der Waals surface area contributed by atoms with Gasteiger partial charge in [0.25, 0.3) is 5.91 Å². The second kappa shape index (κ2) is 8.27. The summed E-state index contributed by atoms with van der Waals surface area (Å²) in [6.45, 7) is 4.03. The predicted octanol–water partition coefficient (Wildman–Crippen LogP) is 5.83. The molecule has 1 fully saturated rings. The van der Waals surface area contributed by atoms with Crippen LogP contribution < -0.4 is 0 Å². The van der Waals surface area contributed by atoms with Gasteiger partial charge in [-0.2, -0.15) is 0 Å². The van der Waals surface area contributed by atoms with Crippen molar-refractivity contribution in [1.82, 2.24) is 9.88 Å². The molecular weight excluding hydrogens is 413 g/mol. The SMILES string of the molecule is C=CCN1C(=O)/C(=C/c2ccc(Cl)cc2Cl)SC1=Nc1cccnc1Cl. The number of carbonyl (C=O) groups excluding carboxylic acids is 1. The quantitative estimate of drug-likeness (QED) is 0.352. The van der Waals surface area contributed by atoms with Crippen molar-refractivity contribution in [2.24, 2.45) is 4.99 Å². The summed E-state index contributed by atoms with van der Waals surface area (Å²) in [5.74, 6) is -0.181. The fourth-order valence-electron chi connectivity index (χ4n) is 2.21. The highest BCUT2D eigenvalue weighted by molar-refractivity contribution is 8.18. The Bertz CT molecular complexity index is 943. The molecule has 1 aromatic carbocycles. The summed E-state index contributed by atoms with van der Waals surface area (Å²) < 4.78 is 0. The van der Waals surface area contributed by atoms with Gasteiger partial charge in [-0.05, 0) is 47.7 Å². The molecule has 1 aliphatic heterocycles. The van der Waals surface area contributed by atoms with Crippen LogP contribution in [0.5, 0.6) is 0 Å². The molecule has 0 bridgehead atoms. The fraction of sp³-hybridized carbons (Fsp3) is 0.0556. The number of amides is 1. The van der Waals surface area contributed by atoms with E-state index in [1.165, 1.54) is 16.7 Å². The Balaban J connectivity index is 2.00. The van der Waals surface area contributed by atoms with E-state index in [0.29, 0.717) is 37.9 Å². The zero-order valence-electron chi connectivity index (χ0n) is 13.3. The van der Waals surface area contributed by atoms with Gasteiger partial charge in [0, 0.05) is 22.8 Å². The zero-order valence-corrected chi connectivity index (χ0v) is 16.4. The molecule has 1 saturated heterocycles. The van der Waals surface area contributed by atoms with Crippen molar-refractivity contribution in [3.63, 3.8) is 0 Å². The lowest BCUT2D eigenvalue weighted by Gasteiger charge is -2.12.